The van der Waals surface area contributed by atoms with E-state index in [9.17, 15) is 0 Å². The van der Waals surface area contributed by atoms with Gasteiger partial charge in [-0.15, -0.1) is 0 Å². The summed E-state index contributed by atoms with van der Waals surface area (Å²) in [5, 5.41) is 2.76. The number of fused-ring (bicyclic) bond motifs is 1. The highest BCUT2D eigenvalue weighted by atomic mass is 14.0. The van der Waals surface area contributed by atoms with Crippen molar-refractivity contribution in [3.63, 3.8) is 0 Å². The molecular weight excluding hydrogens is 192 g/mol. The molecule has 0 saturated carbocycles. The van der Waals surface area contributed by atoms with Crippen LogP contribution in [0.5, 0.6) is 0 Å². The van der Waals surface area contributed by atoms with Gasteiger partial charge in [0.2, 0.25) is 0 Å². The first kappa shape index (κ1) is 12.8. The summed E-state index contributed by atoms with van der Waals surface area (Å²) in [7, 11) is 0. The van der Waals surface area contributed by atoms with E-state index in [4.69, 9.17) is 0 Å². The first-order valence-electron chi connectivity index (χ1n) is 6.21. The Morgan fingerprint density at radius 2 is 1.56 bits per heavy atom. The zero-order valence-corrected chi connectivity index (χ0v) is 11.1. The molecule has 2 aromatic rings. The summed E-state index contributed by atoms with van der Waals surface area (Å²) < 4.78 is 0. The minimum Gasteiger partial charge on any atom is -0.0683 e. The molecule has 0 bridgehead atoms. The lowest BCUT2D eigenvalue weighted by Gasteiger charge is -2.07. The molecule has 2 aromatic carbocycles. The van der Waals surface area contributed by atoms with Gasteiger partial charge in [0.15, 0.2) is 0 Å². The van der Waals surface area contributed by atoms with Gasteiger partial charge < -0.3 is 0 Å². The van der Waals surface area contributed by atoms with E-state index in [-0.39, 0.29) is 0 Å². The Hall–Kier alpha value is -1.30. The van der Waals surface area contributed by atoms with Gasteiger partial charge in [0.05, 0.1) is 0 Å². The first-order valence-corrected chi connectivity index (χ1v) is 6.21. The van der Waals surface area contributed by atoms with Gasteiger partial charge in [-0.05, 0) is 47.7 Å². The Balaban J connectivity index is 0.000000606. The summed E-state index contributed by atoms with van der Waals surface area (Å²) in [5.74, 6) is 0. The Morgan fingerprint density at radius 3 is 2.19 bits per heavy atom. The van der Waals surface area contributed by atoms with Gasteiger partial charge >= 0.3 is 0 Å². The lowest BCUT2D eigenvalue weighted by Crippen LogP contribution is -1.86. The number of aryl methyl sites for hydroxylation is 3. The zero-order chi connectivity index (χ0) is 12.1. The molecule has 16 heavy (non-hydrogen) atoms. The molecule has 0 fully saturated rings. The van der Waals surface area contributed by atoms with E-state index >= 15 is 0 Å². The highest BCUT2D eigenvalue weighted by Crippen LogP contribution is 2.22. The van der Waals surface area contributed by atoms with Crippen LogP contribution in [-0.4, -0.2) is 0 Å². The second-order valence-corrected chi connectivity index (χ2v) is 3.92. The normalized spacial score (nSPS) is 9.81. The summed E-state index contributed by atoms with van der Waals surface area (Å²) in [4.78, 5) is 0. The molecule has 0 saturated heterocycles. The standard InChI is InChI=1S/C14H16.C2H6/c1-4-12-6-8-13-7-5-10(2)11(3)14(13)9-12;1-2/h5-9H,4H2,1-3H3;1-2H3. The van der Waals surface area contributed by atoms with Gasteiger partial charge in [0.1, 0.15) is 0 Å². The number of hydrogen-bond acceptors (Lipinski definition) is 0. The van der Waals surface area contributed by atoms with Gasteiger partial charge in [-0.3, -0.25) is 0 Å². The summed E-state index contributed by atoms with van der Waals surface area (Å²) >= 11 is 0. The van der Waals surface area contributed by atoms with Crippen molar-refractivity contribution in [2.45, 2.75) is 41.0 Å². The second kappa shape index (κ2) is 5.69. The van der Waals surface area contributed by atoms with Gasteiger partial charge in [-0.1, -0.05) is 51.1 Å². The number of hydrogen-bond donors (Lipinski definition) is 0. The molecule has 0 aromatic heterocycles. The average Bonchev–Trinajstić information content (AvgIpc) is 2.36. The maximum atomic E-state index is 2.32. The maximum Gasteiger partial charge on any atom is -0.0149 e. The molecule has 0 heteroatoms. The van der Waals surface area contributed by atoms with Crippen molar-refractivity contribution in [1.29, 1.82) is 0 Å². The third-order valence-electron chi connectivity index (χ3n) is 3.03. The van der Waals surface area contributed by atoms with Crippen LogP contribution in [0.1, 0.15) is 37.5 Å². The predicted molar refractivity (Wildman–Crippen MR) is 74.1 cm³/mol. The van der Waals surface area contributed by atoms with Crippen molar-refractivity contribution >= 4 is 10.8 Å². The molecule has 0 N–H and O–H groups in total. The number of rotatable bonds is 1. The molecular formula is C16H22. The van der Waals surface area contributed by atoms with E-state index in [1.807, 2.05) is 13.8 Å². The van der Waals surface area contributed by atoms with Crippen LogP contribution in [0.4, 0.5) is 0 Å². The van der Waals surface area contributed by atoms with Crippen molar-refractivity contribution in [1.82, 2.24) is 0 Å². The minimum atomic E-state index is 1.11. The van der Waals surface area contributed by atoms with Crippen LogP contribution in [0.3, 0.4) is 0 Å². The van der Waals surface area contributed by atoms with Crippen LogP contribution in [0.2, 0.25) is 0 Å². The fourth-order valence-corrected chi connectivity index (χ4v) is 1.85. The van der Waals surface area contributed by atoms with Gasteiger partial charge in [-0.25, -0.2) is 0 Å². The largest absolute Gasteiger partial charge is 0.0683 e. The van der Waals surface area contributed by atoms with Crippen LogP contribution in [0.25, 0.3) is 10.8 Å². The molecule has 0 aliphatic carbocycles. The molecule has 0 radical (unpaired) electrons. The molecule has 0 atom stereocenters. The van der Waals surface area contributed by atoms with E-state index in [0.717, 1.165) is 6.42 Å². The number of benzene rings is 2. The quantitative estimate of drug-likeness (QED) is 0.623. The third kappa shape index (κ3) is 2.44. The van der Waals surface area contributed by atoms with Crippen LogP contribution >= 0.6 is 0 Å². The Morgan fingerprint density at radius 1 is 0.938 bits per heavy atom. The topological polar surface area (TPSA) is 0 Å². The van der Waals surface area contributed by atoms with Crippen molar-refractivity contribution < 1.29 is 0 Å². The van der Waals surface area contributed by atoms with Crippen molar-refractivity contribution in [2.75, 3.05) is 0 Å². The lowest BCUT2D eigenvalue weighted by molar-refractivity contribution is 1.14. The summed E-state index contributed by atoms with van der Waals surface area (Å²) in [6.45, 7) is 10.6. The van der Waals surface area contributed by atoms with E-state index in [0.29, 0.717) is 0 Å². The third-order valence-corrected chi connectivity index (χ3v) is 3.03. The fourth-order valence-electron chi connectivity index (χ4n) is 1.85. The molecule has 0 aliphatic rings. The Labute approximate surface area is 99.3 Å². The van der Waals surface area contributed by atoms with E-state index < -0.39 is 0 Å². The van der Waals surface area contributed by atoms with Crippen molar-refractivity contribution in [3.05, 3.63) is 47.0 Å². The molecule has 2 rings (SSSR count). The fraction of sp³-hybridized carbons (Fsp3) is 0.375. The molecule has 0 amide bonds. The molecule has 0 heterocycles. The van der Waals surface area contributed by atoms with E-state index in [2.05, 4.69) is 51.1 Å². The molecule has 0 aliphatic heterocycles. The van der Waals surface area contributed by atoms with E-state index in [1.165, 1.54) is 27.5 Å². The SMILES string of the molecule is CC.CCc1ccc2ccc(C)c(C)c2c1. The molecule has 86 valence electrons. The monoisotopic (exact) mass is 214 g/mol. The van der Waals surface area contributed by atoms with Crippen LogP contribution < -0.4 is 0 Å². The smallest absolute Gasteiger partial charge is 0.0149 e. The molecule has 0 spiro atoms. The summed E-state index contributed by atoms with van der Waals surface area (Å²) in [6, 6.07) is 11.2. The second-order valence-electron chi connectivity index (χ2n) is 3.92. The maximum absolute atomic E-state index is 2.32. The highest BCUT2D eigenvalue weighted by Gasteiger charge is 2.00. The van der Waals surface area contributed by atoms with Gasteiger partial charge in [0.25, 0.3) is 0 Å². The first-order chi connectivity index (χ1) is 7.72. The summed E-state index contributed by atoms with van der Waals surface area (Å²) in [6.07, 6.45) is 1.11. The highest BCUT2D eigenvalue weighted by molar-refractivity contribution is 5.87. The zero-order valence-electron chi connectivity index (χ0n) is 11.1. The van der Waals surface area contributed by atoms with Crippen LogP contribution in [0, 0.1) is 13.8 Å². The Bertz CT molecular complexity index is 467. The predicted octanol–water partition coefficient (Wildman–Crippen LogP) is 5.05. The molecule has 0 unspecified atom stereocenters. The Kier molecular flexibility index (Phi) is 4.54. The van der Waals surface area contributed by atoms with Crippen molar-refractivity contribution in [2.24, 2.45) is 0 Å². The lowest BCUT2D eigenvalue weighted by atomic mass is 9.98. The van der Waals surface area contributed by atoms with Crippen LogP contribution in [0.15, 0.2) is 30.3 Å². The minimum absolute atomic E-state index is 1.11. The summed E-state index contributed by atoms with van der Waals surface area (Å²) in [5.41, 5.74) is 4.22. The van der Waals surface area contributed by atoms with Gasteiger partial charge in [-0.2, -0.15) is 0 Å². The van der Waals surface area contributed by atoms with Crippen LogP contribution in [-0.2, 0) is 6.42 Å². The van der Waals surface area contributed by atoms with Crippen molar-refractivity contribution in [3.8, 4) is 0 Å². The van der Waals surface area contributed by atoms with Gasteiger partial charge in [0, 0.05) is 0 Å². The molecule has 0 nitrogen and oxygen atoms in total. The average molecular weight is 214 g/mol. The van der Waals surface area contributed by atoms with E-state index in [1.54, 1.807) is 0 Å².